The molecule has 0 aliphatic carbocycles. The molecule has 2 heterocycles. The van der Waals surface area contributed by atoms with Crippen LogP contribution in [0.3, 0.4) is 0 Å². The molecule has 4 aromatic rings. The molecular weight excluding hydrogens is 336 g/mol. The lowest BCUT2D eigenvalue weighted by molar-refractivity contribution is 0.101. The van der Waals surface area contributed by atoms with Crippen LogP contribution in [0.5, 0.6) is 5.75 Å². The van der Waals surface area contributed by atoms with E-state index < -0.39 is 0 Å². The first-order valence-electron chi connectivity index (χ1n) is 9.18. The van der Waals surface area contributed by atoms with E-state index in [0.717, 1.165) is 41.7 Å². The van der Waals surface area contributed by atoms with E-state index in [4.69, 9.17) is 9.15 Å². The van der Waals surface area contributed by atoms with Crippen molar-refractivity contribution in [3.8, 4) is 16.9 Å². The van der Waals surface area contributed by atoms with E-state index in [1.54, 1.807) is 0 Å². The third kappa shape index (κ3) is 2.72. The van der Waals surface area contributed by atoms with Crippen LogP contribution in [0.25, 0.3) is 22.1 Å². The molecule has 0 saturated carbocycles. The van der Waals surface area contributed by atoms with E-state index in [1.807, 2.05) is 66.7 Å². The van der Waals surface area contributed by atoms with Gasteiger partial charge in [-0.05, 0) is 30.0 Å². The number of carbonyl (C=O) groups is 1. The lowest BCUT2D eigenvalue weighted by Gasteiger charge is -2.16. The molecule has 0 fully saturated rings. The van der Waals surface area contributed by atoms with Crippen molar-refractivity contribution < 1.29 is 13.9 Å². The first kappa shape index (κ1) is 15.9. The largest absolute Gasteiger partial charge is 0.493 e. The minimum Gasteiger partial charge on any atom is -0.493 e. The number of hydrogen-bond donors (Lipinski definition) is 0. The van der Waals surface area contributed by atoms with Crippen molar-refractivity contribution in [2.75, 3.05) is 6.61 Å². The summed E-state index contributed by atoms with van der Waals surface area (Å²) in [6, 6.07) is 23.3. The maximum absolute atomic E-state index is 13.2. The zero-order valence-corrected chi connectivity index (χ0v) is 14.8. The van der Waals surface area contributed by atoms with E-state index in [-0.39, 0.29) is 5.78 Å². The molecule has 0 radical (unpaired) electrons. The predicted octanol–water partition coefficient (Wildman–Crippen LogP) is 5.66. The summed E-state index contributed by atoms with van der Waals surface area (Å²) in [5.74, 6) is 1.13. The standard InChI is InChI=1S/C24H18O3/c25-23(17-10-5-2-6-11-17)24-22(16-8-3-1-4-9-16)19-14-18-12-7-13-26-20(18)15-21(19)27-24/h1-6,8-11,14-15H,7,12-13H2. The van der Waals surface area contributed by atoms with Gasteiger partial charge >= 0.3 is 0 Å². The monoisotopic (exact) mass is 354 g/mol. The lowest BCUT2D eigenvalue weighted by atomic mass is 9.96. The van der Waals surface area contributed by atoms with Crippen LogP contribution in [0.1, 0.15) is 28.1 Å². The van der Waals surface area contributed by atoms with Crippen molar-refractivity contribution in [3.63, 3.8) is 0 Å². The molecule has 132 valence electrons. The summed E-state index contributed by atoms with van der Waals surface area (Å²) in [6.07, 6.45) is 1.99. The lowest BCUT2D eigenvalue weighted by Crippen LogP contribution is -2.07. The zero-order chi connectivity index (χ0) is 18.2. The third-order valence-corrected chi connectivity index (χ3v) is 5.02. The fourth-order valence-electron chi connectivity index (χ4n) is 3.72. The molecule has 0 atom stereocenters. The van der Waals surface area contributed by atoms with Crippen molar-refractivity contribution in [1.82, 2.24) is 0 Å². The highest BCUT2D eigenvalue weighted by atomic mass is 16.5. The molecular formula is C24H18O3. The van der Waals surface area contributed by atoms with Crippen molar-refractivity contribution in [1.29, 1.82) is 0 Å². The second-order valence-corrected chi connectivity index (χ2v) is 6.78. The van der Waals surface area contributed by atoms with Gasteiger partial charge in [-0.15, -0.1) is 0 Å². The second-order valence-electron chi connectivity index (χ2n) is 6.78. The highest BCUT2D eigenvalue weighted by molar-refractivity contribution is 6.15. The average Bonchev–Trinajstić information content (AvgIpc) is 3.11. The van der Waals surface area contributed by atoms with Gasteiger partial charge in [0.1, 0.15) is 11.3 Å². The SMILES string of the molecule is O=C(c1ccccc1)c1oc2cc3c(cc2c1-c1ccccc1)CCCO3. The Kier molecular flexibility index (Phi) is 3.79. The summed E-state index contributed by atoms with van der Waals surface area (Å²) >= 11 is 0. The van der Waals surface area contributed by atoms with E-state index in [1.165, 1.54) is 5.56 Å². The quantitative estimate of drug-likeness (QED) is 0.446. The fraction of sp³-hybridized carbons (Fsp3) is 0.125. The van der Waals surface area contributed by atoms with E-state index >= 15 is 0 Å². The van der Waals surface area contributed by atoms with Crippen molar-refractivity contribution in [2.45, 2.75) is 12.8 Å². The Labute approximate surface area is 157 Å². The van der Waals surface area contributed by atoms with Crippen LogP contribution in [0.4, 0.5) is 0 Å². The molecule has 3 aromatic carbocycles. The molecule has 3 nitrogen and oxygen atoms in total. The van der Waals surface area contributed by atoms with Crippen LogP contribution in [-0.4, -0.2) is 12.4 Å². The summed E-state index contributed by atoms with van der Waals surface area (Å²) in [4.78, 5) is 13.2. The number of aryl methyl sites for hydroxylation is 1. The third-order valence-electron chi connectivity index (χ3n) is 5.02. The van der Waals surface area contributed by atoms with Crippen LogP contribution in [0.2, 0.25) is 0 Å². The maximum atomic E-state index is 13.2. The molecule has 1 aliphatic heterocycles. The number of hydrogen-bond acceptors (Lipinski definition) is 3. The Balaban J connectivity index is 1.78. The van der Waals surface area contributed by atoms with E-state index in [2.05, 4.69) is 6.07 Å². The summed E-state index contributed by atoms with van der Waals surface area (Å²) in [5.41, 5.74) is 4.31. The van der Waals surface area contributed by atoms with Gasteiger partial charge in [0.05, 0.1) is 6.61 Å². The number of fused-ring (bicyclic) bond motifs is 2. The number of furan rings is 1. The smallest absolute Gasteiger partial charge is 0.228 e. The van der Waals surface area contributed by atoms with Crippen molar-refractivity contribution in [3.05, 3.63) is 89.7 Å². The van der Waals surface area contributed by atoms with Gasteiger partial charge in [0.25, 0.3) is 0 Å². The van der Waals surface area contributed by atoms with Crippen LogP contribution < -0.4 is 4.74 Å². The minimum atomic E-state index is -0.107. The number of carbonyl (C=O) groups excluding carboxylic acids is 1. The predicted molar refractivity (Wildman–Crippen MR) is 105 cm³/mol. The van der Waals surface area contributed by atoms with Gasteiger partial charge in [-0.1, -0.05) is 60.7 Å². The maximum Gasteiger partial charge on any atom is 0.228 e. The van der Waals surface area contributed by atoms with Gasteiger partial charge in [0, 0.05) is 22.6 Å². The molecule has 1 aromatic heterocycles. The molecule has 27 heavy (non-hydrogen) atoms. The fourth-order valence-corrected chi connectivity index (χ4v) is 3.72. The molecule has 0 bridgehead atoms. The Hall–Kier alpha value is -3.33. The van der Waals surface area contributed by atoms with Crippen LogP contribution in [0.15, 0.2) is 77.2 Å². The highest BCUT2D eigenvalue weighted by Gasteiger charge is 2.25. The first-order valence-corrected chi connectivity index (χ1v) is 9.18. The molecule has 0 spiro atoms. The number of rotatable bonds is 3. The zero-order valence-electron chi connectivity index (χ0n) is 14.8. The normalized spacial score (nSPS) is 13.2. The van der Waals surface area contributed by atoms with Crippen molar-refractivity contribution in [2.24, 2.45) is 0 Å². The molecule has 0 saturated heterocycles. The minimum absolute atomic E-state index is 0.107. The van der Waals surface area contributed by atoms with Gasteiger partial charge in [-0.2, -0.15) is 0 Å². The van der Waals surface area contributed by atoms with E-state index in [9.17, 15) is 4.79 Å². The van der Waals surface area contributed by atoms with Gasteiger partial charge in [-0.25, -0.2) is 0 Å². The van der Waals surface area contributed by atoms with Crippen LogP contribution in [-0.2, 0) is 6.42 Å². The molecule has 1 aliphatic rings. The molecule has 0 unspecified atom stereocenters. The number of benzene rings is 3. The van der Waals surface area contributed by atoms with Crippen LogP contribution in [0, 0.1) is 0 Å². The van der Waals surface area contributed by atoms with E-state index in [0.29, 0.717) is 16.9 Å². The molecule has 0 amide bonds. The second kappa shape index (κ2) is 6.44. The Morgan fingerprint density at radius 3 is 2.41 bits per heavy atom. The number of ketones is 1. The van der Waals surface area contributed by atoms with Gasteiger partial charge < -0.3 is 9.15 Å². The van der Waals surface area contributed by atoms with Crippen molar-refractivity contribution >= 4 is 16.8 Å². The molecule has 5 rings (SSSR count). The summed E-state index contributed by atoms with van der Waals surface area (Å²) in [6.45, 7) is 0.723. The molecule has 3 heteroatoms. The number of ether oxygens (including phenoxy) is 1. The highest BCUT2D eigenvalue weighted by Crippen LogP contribution is 2.40. The summed E-state index contributed by atoms with van der Waals surface area (Å²) in [5, 5.41) is 0.963. The summed E-state index contributed by atoms with van der Waals surface area (Å²) in [7, 11) is 0. The Bertz CT molecular complexity index is 1120. The summed E-state index contributed by atoms with van der Waals surface area (Å²) < 4.78 is 11.9. The van der Waals surface area contributed by atoms with Gasteiger partial charge in [0.2, 0.25) is 5.78 Å². The van der Waals surface area contributed by atoms with Crippen LogP contribution >= 0.6 is 0 Å². The van der Waals surface area contributed by atoms with Gasteiger partial charge in [-0.3, -0.25) is 4.79 Å². The Morgan fingerprint density at radius 2 is 1.63 bits per heavy atom. The molecule has 0 N–H and O–H groups in total. The Morgan fingerprint density at radius 1 is 0.889 bits per heavy atom. The van der Waals surface area contributed by atoms with Gasteiger partial charge in [0.15, 0.2) is 5.76 Å². The topological polar surface area (TPSA) is 39.4 Å². The average molecular weight is 354 g/mol. The first-order chi connectivity index (χ1) is 13.3.